The molecule has 0 aromatic carbocycles. The topological polar surface area (TPSA) is 222 Å². The van der Waals surface area contributed by atoms with Gasteiger partial charge in [0.05, 0.1) is 24.4 Å². The molecule has 0 radical (unpaired) electrons. The van der Waals surface area contributed by atoms with Crippen LogP contribution < -0.4 is 0 Å². The van der Waals surface area contributed by atoms with E-state index in [9.17, 15) is 45.3 Å². The van der Waals surface area contributed by atoms with Crippen molar-refractivity contribution in [3.63, 3.8) is 0 Å². The highest BCUT2D eigenvalue weighted by Crippen LogP contribution is 2.69. The molecule has 7 rings (SSSR count). The van der Waals surface area contributed by atoms with E-state index >= 15 is 0 Å². The first-order valence-corrected chi connectivity index (χ1v) is 18.0. The fourth-order valence-electron chi connectivity index (χ4n) is 11.1. The number of ketones is 1. The molecule has 4 saturated carbocycles. The molecule has 4 aliphatic carbocycles. The van der Waals surface area contributed by atoms with Crippen molar-refractivity contribution in [3.05, 3.63) is 11.8 Å². The van der Waals surface area contributed by atoms with Crippen molar-refractivity contribution in [1.82, 2.24) is 0 Å². The van der Waals surface area contributed by atoms with Crippen molar-refractivity contribution < 1.29 is 69.0 Å². The van der Waals surface area contributed by atoms with Gasteiger partial charge in [-0.05, 0) is 82.5 Å². The first kappa shape index (κ1) is 35.8. The van der Waals surface area contributed by atoms with Crippen molar-refractivity contribution in [3.8, 4) is 0 Å². The van der Waals surface area contributed by atoms with E-state index in [0.717, 1.165) is 38.4 Å². The summed E-state index contributed by atoms with van der Waals surface area (Å²) in [4.78, 5) is 25.1. The summed E-state index contributed by atoms with van der Waals surface area (Å²) in [6.07, 6.45) is -5.53. The van der Waals surface area contributed by atoms with Gasteiger partial charge in [0.1, 0.15) is 54.8 Å². The molecule has 7 aliphatic rings. The van der Waals surface area contributed by atoms with Crippen LogP contribution in [0.1, 0.15) is 71.6 Å². The Morgan fingerprint density at radius 2 is 1.61 bits per heavy atom. The Bertz CT molecular complexity index is 1290. The van der Waals surface area contributed by atoms with Crippen molar-refractivity contribution >= 4 is 12.1 Å². The average molecular weight is 697 g/mol. The molecule has 3 aliphatic heterocycles. The summed E-state index contributed by atoms with van der Waals surface area (Å²) in [7, 11) is 0. The monoisotopic (exact) mass is 696 g/mol. The Labute approximate surface area is 285 Å². The molecule has 14 nitrogen and oxygen atoms in total. The zero-order chi connectivity index (χ0) is 35.0. The van der Waals surface area contributed by atoms with Gasteiger partial charge in [-0.25, -0.2) is 0 Å². The van der Waals surface area contributed by atoms with E-state index in [0.29, 0.717) is 31.4 Å². The molecule has 0 bridgehead atoms. The van der Waals surface area contributed by atoms with Crippen molar-refractivity contribution in [2.24, 2.45) is 34.5 Å². The van der Waals surface area contributed by atoms with E-state index in [4.69, 9.17) is 23.7 Å². The second kappa shape index (κ2) is 13.1. The van der Waals surface area contributed by atoms with E-state index in [1.54, 1.807) is 13.0 Å². The summed E-state index contributed by atoms with van der Waals surface area (Å²) >= 11 is 0. The fraction of sp³-hybridized carbons (Fsp3) is 0.886. The molecule has 0 aromatic rings. The largest absolute Gasteiger partial charge is 0.489 e. The van der Waals surface area contributed by atoms with Gasteiger partial charge in [-0.3, -0.25) is 4.79 Å². The lowest BCUT2D eigenvalue weighted by molar-refractivity contribution is -0.360. The molecule has 49 heavy (non-hydrogen) atoms. The smallest absolute Gasteiger partial charge is 0.196 e. The number of aliphatic hydroxyl groups excluding tert-OH is 6. The fourth-order valence-corrected chi connectivity index (χ4v) is 11.1. The maximum absolute atomic E-state index is 13.1. The number of fused-ring (bicyclic) bond motifs is 5. The first-order valence-electron chi connectivity index (χ1n) is 18.0. The maximum Gasteiger partial charge on any atom is 0.196 e. The summed E-state index contributed by atoms with van der Waals surface area (Å²) in [6, 6.07) is 0. The van der Waals surface area contributed by atoms with Gasteiger partial charge in [0.25, 0.3) is 0 Å². The lowest BCUT2D eigenvalue weighted by Crippen LogP contribution is -2.64. The highest BCUT2D eigenvalue weighted by Gasteiger charge is 2.69. The summed E-state index contributed by atoms with van der Waals surface area (Å²) < 4.78 is 29.2. The second-order valence-corrected chi connectivity index (χ2v) is 16.0. The van der Waals surface area contributed by atoms with E-state index < -0.39 is 84.4 Å². The summed E-state index contributed by atoms with van der Waals surface area (Å²) in [5.74, 6) is 0.600. The summed E-state index contributed by atoms with van der Waals surface area (Å²) in [5.41, 5.74) is -2.02. The van der Waals surface area contributed by atoms with Gasteiger partial charge >= 0.3 is 0 Å². The predicted molar refractivity (Wildman–Crippen MR) is 166 cm³/mol. The van der Waals surface area contributed by atoms with Gasteiger partial charge in [-0.1, -0.05) is 6.92 Å². The Morgan fingerprint density at radius 3 is 2.31 bits per heavy atom. The Hall–Kier alpha value is -1.56. The van der Waals surface area contributed by atoms with Crippen LogP contribution in [-0.2, 0) is 33.3 Å². The van der Waals surface area contributed by atoms with E-state index in [-0.39, 0.29) is 42.2 Å². The molecule has 0 spiro atoms. The van der Waals surface area contributed by atoms with Crippen LogP contribution in [0.25, 0.3) is 0 Å². The van der Waals surface area contributed by atoms with Gasteiger partial charge in [0, 0.05) is 22.8 Å². The molecule has 6 fully saturated rings. The van der Waals surface area contributed by atoms with Gasteiger partial charge in [-0.2, -0.15) is 0 Å². The van der Waals surface area contributed by atoms with Crippen LogP contribution in [0.3, 0.4) is 0 Å². The van der Waals surface area contributed by atoms with Gasteiger partial charge in [0.2, 0.25) is 0 Å². The average Bonchev–Trinajstić information content (AvgIpc) is 3.64. The minimum atomic E-state index is -1.68. The molecule has 18 atom stereocenters. The molecule has 2 saturated heterocycles. The number of aldehydes is 1. The summed E-state index contributed by atoms with van der Waals surface area (Å²) in [5, 5.41) is 74.6. The normalized spacial score (nSPS) is 54.3. The van der Waals surface area contributed by atoms with Crippen LogP contribution in [0.5, 0.6) is 0 Å². The Kier molecular flexibility index (Phi) is 9.60. The SMILES string of the molecule is C[C@H]1O[C@@H](O[C@H]2CC[C@@]3(C=O)[C@H](CC[C@@H]4[C@@H]3CC[C@]3(C)[C@@H](C5=CC(=O)CO5)CC[C@]43O)C2)[C@H](O)[C@H](O)[C@@H]1O[C@@H]1O[C@H](CO)[C@@H](O)[C@H](O)[C@H]1O. The van der Waals surface area contributed by atoms with E-state index in [1.807, 2.05) is 0 Å². The molecule has 14 heteroatoms. The van der Waals surface area contributed by atoms with Crippen molar-refractivity contribution in [2.75, 3.05) is 13.2 Å². The molecular formula is C35H52O14. The Balaban J connectivity index is 0.997. The number of hydrogen-bond donors (Lipinski definition) is 7. The molecule has 3 heterocycles. The van der Waals surface area contributed by atoms with E-state index in [2.05, 4.69) is 6.92 Å². The molecule has 0 unspecified atom stereocenters. The molecule has 0 amide bonds. The third-order valence-electron chi connectivity index (χ3n) is 13.9. The van der Waals surface area contributed by atoms with Crippen LogP contribution in [0.15, 0.2) is 11.8 Å². The number of carbonyl (C=O) groups excluding carboxylic acids is 2. The van der Waals surface area contributed by atoms with Crippen molar-refractivity contribution in [1.29, 1.82) is 0 Å². The third kappa shape index (κ3) is 5.56. The van der Waals surface area contributed by atoms with Gasteiger partial charge < -0.3 is 64.2 Å². The van der Waals surface area contributed by atoms with Crippen molar-refractivity contribution in [2.45, 2.75) is 145 Å². The maximum atomic E-state index is 13.1. The number of ether oxygens (including phenoxy) is 5. The number of hydrogen-bond acceptors (Lipinski definition) is 14. The van der Waals surface area contributed by atoms with Crippen LogP contribution >= 0.6 is 0 Å². The first-order chi connectivity index (χ1) is 23.3. The van der Waals surface area contributed by atoms with Crippen LogP contribution in [0.2, 0.25) is 0 Å². The lowest BCUT2D eigenvalue weighted by atomic mass is 9.43. The standard InChI is InChI=1S/C35H52O14/c1-16-30(49-32-28(42)26(40)25(39)24(13-36)48-32)27(41)29(43)31(46-16)47-19-5-9-34(15-37)17(11-19)3-4-21-20(34)6-8-33(2)22(7-10-35(21,33)44)23-12-18(38)14-45-23/h12,15-17,19-22,24-32,36,39-44H,3-11,13-14H2,1-2H3/t16-,17-,19+,20+,21-,22-,24-,25-,26+,27+,28-,29-,30-,31+,32+,33-,34-,35+/m1/s1. The van der Waals surface area contributed by atoms with Gasteiger partial charge in [-0.15, -0.1) is 0 Å². The molecule has 276 valence electrons. The number of allylic oxidation sites excluding steroid dienone is 1. The van der Waals surface area contributed by atoms with Crippen LogP contribution in [0.4, 0.5) is 0 Å². The van der Waals surface area contributed by atoms with Crippen LogP contribution in [-0.4, -0.2) is 134 Å². The highest BCUT2D eigenvalue weighted by molar-refractivity contribution is 5.93. The molecule has 7 N–H and O–H groups in total. The lowest BCUT2D eigenvalue weighted by Gasteiger charge is -2.63. The highest BCUT2D eigenvalue weighted by atomic mass is 16.7. The minimum absolute atomic E-state index is 0.0130. The zero-order valence-corrected chi connectivity index (χ0v) is 28.1. The quantitative estimate of drug-likeness (QED) is 0.131. The third-order valence-corrected chi connectivity index (χ3v) is 13.9. The minimum Gasteiger partial charge on any atom is -0.489 e. The second-order valence-electron chi connectivity index (χ2n) is 16.0. The number of rotatable bonds is 7. The van der Waals surface area contributed by atoms with Crippen LogP contribution in [0, 0.1) is 34.5 Å². The Morgan fingerprint density at radius 1 is 0.878 bits per heavy atom. The molecule has 0 aromatic heterocycles. The zero-order valence-electron chi connectivity index (χ0n) is 28.1. The number of carbonyl (C=O) groups is 2. The van der Waals surface area contributed by atoms with E-state index in [1.165, 1.54) is 0 Å². The predicted octanol–water partition coefficient (Wildman–Crippen LogP) is -0.541. The summed E-state index contributed by atoms with van der Waals surface area (Å²) in [6.45, 7) is 3.14. The number of aliphatic hydroxyl groups is 7. The molecular weight excluding hydrogens is 644 g/mol. The van der Waals surface area contributed by atoms with Gasteiger partial charge in [0.15, 0.2) is 25.0 Å².